The molecular weight excluding hydrogens is 190 g/mol. The molecular formula is C9H8F2N2O. The Morgan fingerprint density at radius 3 is 2.86 bits per heavy atom. The average molecular weight is 198 g/mol. The summed E-state index contributed by atoms with van der Waals surface area (Å²) in [7, 11) is 1.48. The number of rotatable bonds is 2. The van der Waals surface area contributed by atoms with Crippen LogP contribution in [0, 0.1) is 0 Å². The summed E-state index contributed by atoms with van der Waals surface area (Å²) in [5.41, 5.74) is 0.268. The van der Waals surface area contributed by atoms with Gasteiger partial charge < -0.3 is 4.74 Å². The van der Waals surface area contributed by atoms with Gasteiger partial charge in [-0.25, -0.2) is 8.78 Å². The van der Waals surface area contributed by atoms with Crippen molar-refractivity contribution in [2.45, 2.75) is 6.43 Å². The minimum Gasteiger partial charge on any atom is -0.494 e. The second-order valence-corrected chi connectivity index (χ2v) is 2.79. The summed E-state index contributed by atoms with van der Waals surface area (Å²) in [6.07, 6.45) is -2.55. The lowest BCUT2D eigenvalue weighted by molar-refractivity contribution is 0.147. The van der Waals surface area contributed by atoms with Crippen molar-refractivity contribution in [1.29, 1.82) is 0 Å². The van der Waals surface area contributed by atoms with E-state index in [9.17, 15) is 8.78 Å². The molecule has 1 aromatic carbocycles. The molecule has 2 aromatic rings. The molecule has 0 aliphatic heterocycles. The van der Waals surface area contributed by atoms with Crippen molar-refractivity contribution < 1.29 is 13.5 Å². The number of alkyl halides is 2. The van der Waals surface area contributed by atoms with Crippen LogP contribution in [0.3, 0.4) is 0 Å². The lowest BCUT2D eigenvalue weighted by atomic mass is 10.2. The maximum Gasteiger partial charge on any atom is 0.280 e. The highest BCUT2D eigenvalue weighted by atomic mass is 19.3. The first-order valence-electron chi connectivity index (χ1n) is 4.03. The van der Waals surface area contributed by atoms with E-state index in [1.54, 1.807) is 18.2 Å². The number of nitrogens with one attached hydrogen (secondary N) is 1. The van der Waals surface area contributed by atoms with E-state index in [-0.39, 0.29) is 5.69 Å². The lowest BCUT2D eigenvalue weighted by Crippen LogP contribution is -1.85. The van der Waals surface area contributed by atoms with Crippen LogP contribution in [0.2, 0.25) is 0 Å². The second kappa shape index (κ2) is 3.25. The molecule has 0 radical (unpaired) electrons. The first kappa shape index (κ1) is 8.93. The van der Waals surface area contributed by atoms with Crippen LogP contribution in [-0.2, 0) is 0 Å². The minimum atomic E-state index is -2.55. The third-order valence-electron chi connectivity index (χ3n) is 2.02. The zero-order chi connectivity index (χ0) is 10.1. The van der Waals surface area contributed by atoms with Crippen molar-refractivity contribution in [3.63, 3.8) is 0 Å². The summed E-state index contributed by atoms with van der Waals surface area (Å²) < 4.78 is 29.9. The van der Waals surface area contributed by atoms with Crippen molar-refractivity contribution in [3.8, 4) is 5.75 Å². The minimum absolute atomic E-state index is 0.168. The van der Waals surface area contributed by atoms with Crippen LogP contribution in [0.25, 0.3) is 10.9 Å². The molecule has 0 spiro atoms. The number of H-pyrrole nitrogens is 1. The van der Waals surface area contributed by atoms with E-state index in [1.165, 1.54) is 7.11 Å². The number of halogens is 2. The molecule has 0 atom stereocenters. The first-order chi connectivity index (χ1) is 6.74. The first-order valence-corrected chi connectivity index (χ1v) is 4.03. The SMILES string of the molecule is COc1cccc2c(C(F)F)[nH]nc12. The van der Waals surface area contributed by atoms with Gasteiger partial charge in [0.2, 0.25) is 0 Å². The van der Waals surface area contributed by atoms with E-state index in [2.05, 4.69) is 10.2 Å². The monoisotopic (exact) mass is 198 g/mol. The van der Waals surface area contributed by atoms with Gasteiger partial charge >= 0.3 is 0 Å². The topological polar surface area (TPSA) is 37.9 Å². The highest BCUT2D eigenvalue weighted by Gasteiger charge is 2.16. The number of para-hydroxylation sites is 1. The fourth-order valence-electron chi connectivity index (χ4n) is 1.36. The molecule has 74 valence electrons. The Labute approximate surface area is 78.7 Å². The molecule has 0 bridgehead atoms. The summed E-state index contributed by atoms with van der Waals surface area (Å²) >= 11 is 0. The molecule has 3 nitrogen and oxygen atoms in total. The third-order valence-corrected chi connectivity index (χ3v) is 2.02. The Morgan fingerprint density at radius 1 is 1.43 bits per heavy atom. The quantitative estimate of drug-likeness (QED) is 0.805. The number of methoxy groups -OCH3 is 1. The molecule has 0 saturated carbocycles. The fourth-order valence-corrected chi connectivity index (χ4v) is 1.36. The average Bonchev–Trinajstić information content (AvgIpc) is 2.60. The van der Waals surface area contributed by atoms with Crippen molar-refractivity contribution in [3.05, 3.63) is 23.9 Å². The van der Waals surface area contributed by atoms with E-state index in [4.69, 9.17) is 4.74 Å². The van der Waals surface area contributed by atoms with Gasteiger partial charge in [-0.2, -0.15) is 5.10 Å². The highest BCUT2D eigenvalue weighted by molar-refractivity contribution is 5.86. The summed E-state index contributed by atoms with van der Waals surface area (Å²) in [5, 5.41) is 6.49. The van der Waals surface area contributed by atoms with Gasteiger partial charge in [0.1, 0.15) is 17.0 Å². The highest BCUT2D eigenvalue weighted by Crippen LogP contribution is 2.30. The zero-order valence-electron chi connectivity index (χ0n) is 7.42. The number of benzene rings is 1. The van der Waals surface area contributed by atoms with Gasteiger partial charge in [0, 0.05) is 5.39 Å². The van der Waals surface area contributed by atoms with Crippen LogP contribution in [0.5, 0.6) is 5.75 Å². The predicted molar refractivity (Wildman–Crippen MR) is 47.6 cm³/mol. The second-order valence-electron chi connectivity index (χ2n) is 2.79. The Bertz CT molecular complexity index is 453. The molecule has 0 aliphatic rings. The van der Waals surface area contributed by atoms with Gasteiger partial charge in [-0.3, -0.25) is 5.10 Å². The number of fused-ring (bicyclic) bond motifs is 1. The van der Waals surface area contributed by atoms with Crippen LogP contribution in [0.4, 0.5) is 8.78 Å². The molecule has 0 fully saturated rings. The number of hydrogen-bond acceptors (Lipinski definition) is 2. The van der Waals surface area contributed by atoms with Crippen LogP contribution in [-0.4, -0.2) is 17.3 Å². The van der Waals surface area contributed by atoms with E-state index in [1.807, 2.05) is 0 Å². The predicted octanol–water partition coefficient (Wildman–Crippen LogP) is 2.51. The van der Waals surface area contributed by atoms with Crippen LogP contribution < -0.4 is 4.74 Å². The van der Waals surface area contributed by atoms with Crippen molar-refractivity contribution >= 4 is 10.9 Å². The third kappa shape index (κ3) is 1.21. The lowest BCUT2D eigenvalue weighted by Gasteiger charge is -1.99. The summed E-state index contributed by atoms with van der Waals surface area (Å²) in [4.78, 5) is 0. The number of aromatic amines is 1. The smallest absolute Gasteiger partial charge is 0.280 e. The molecule has 0 aliphatic carbocycles. The molecule has 1 heterocycles. The van der Waals surface area contributed by atoms with E-state index < -0.39 is 6.43 Å². The zero-order valence-corrected chi connectivity index (χ0v) is 7.42. The van der Waals surface area contributed by atoms with Crippen LogP contribution in [0.15, 0.2) is 18.2 Å². The Hall–Kier alpha value is -1.65. The van der Waals surface area contributed by atoms with E-state index in [0.29, 0.717) is 16.7 Å². The Balaban J connectivity index is 2.69. The Morgan fingerprint density at radius 2 is 2.21 bits per heavy atom. The maximum absolute atomic E-state index is 12.5. The van der Waals surface area contributed by atoms with Crippen molar-refractivity contribution in [2.75, 3.05) is 7.11 Å². The molecule has 1 N–H and O–H groups in total. The summed E-state index contributed by atoms with van der Waals surface area (Å²) in [6.45, 7) is 0. The van der Waals surface area contributed by atoms with Crippen LogP contribution in [0.1, 0.15) is 12.1 Å². The number of hydrogen-bond donors (Lipinski definition) is 1. The molecule has 1 aromatic heterocycles. The molecule has 0 amide bonds. The fraction of sp³-hybridized carbons (Fsp3) is 0.222. The van der Waals surface area contributed by atoms with Crippen LogP contribution >= 0.6 is 0 Å². The standard InChI is InChI=1S/C9H8F2N2O/c1-14-6-4-2-3-5-7(6)12-13-8(5)9(10)11/h2-4,9H,1H3,(H,12,13). The van der Waals surface area contributed by atoms with Gasteiger partial charge in [0.25, 0.3) is 6.43 Å². The van der Waals surface area contributed by atoms with Gasteiger partial charge in [0.15, 0.2) is 0 Å². The molecule has 5 heteroatoms. The summed E-state index contributed by atoms with van der Waals surface area (Å²) in [5.74, 6) is 0.491. The number of nitrogens with zero attached hydrogens (tertiary/aromatic N) is 1. The van der Waals surface area contributed by atoms with Gasteiger partial charge in [-0.05, 0) is 6.07 Å². The van der Waals surface area contributed by atoms with Gasteiger partial charge in [-0.15, -0.1) is 0 Å². The largest absolute Gasteiger partial charge is 0.494 e. The molecule has 14 heavy (non-hydrogen) atoms. The Kier molecular flexibility index (Phi) is 2.07. The molecule has 0 saturated heterocycles. The maximum atomic E-state index is 12.5. The number of aromatic nitrogens is 2. The van der Waals surface area contributed by atoms with Gasteiger partial charge in [0.05, 0.1) is 7.11 Å². The normalized spacial score (nSPS) is 11.1. The van der Waals surface area contributed by atoms with E-state index in [0.717, 1.165) is 0 Å². The summed E-state index contributed by atoms with van der Waals surface area (Å²) in [6, 6.07) is 4.92. The van der Waals surface area contributed by atoms with Crippen molar-refractivity contribution in [1.82, 2.24) is 10.2 Å². The molecule has 0 unspecified atom stereocenters. The van der Waals surface area contributed by atoms with Gasteiger partial charge in [-0.1, -0.05) is 12.1 Å². The van der Waals surface area contributed by atoms with Crippen molar-refractivity contribution in [2.24, 2.45) is 0 Å². The number of ether oxygens (including phenoxy) is 1. The molecule has 2 rings (SSSR count). The van der Waals surface area contributed by atoms with E-state index >= 15 is 0 Å².